The SMILES string of the molecule is C=C(C)C#CC1CCN(C2CCC2)CC1. The smallest absolute Gasteiger partial charge is 0.0230 e. The van der Waals surface area contributed by atoms with Crippen LogP contribution in [0.2, 0.25) is 0 Å². The monoisotopic (exact) mass is 203 g/mol. The normalized spacial score (nSPS) is 24.1. The van der Waals surface area contributed by atoms with Gasteiger partial charge >= 0.3 is 0 Å². The Morgan fingerprint density at radius 1 is 1.20 bits per heavy atom. The first-order valence-corrected chi connectivity index (χ1v) is 6.17. The van der Waals surface area contributed by atoms with Crippen LogP contribution in [-0.4, -0.2) is 24.0 Å². The van der Waals surface area contributed by atoms with Crippen LogP contribution >= 0.6 is 0 Å². The lowest BCUT2D eigenvalue weighted by atomic mass is 9.88. The Labute approximate surface area is 93.5 Å². The molecule has 1 heterocycles. The van der Waals surface area contributed by atoms with E-state index in [1.165, 1.54) is 45.2 Å². The number of piperidine rings is 1. The van der Waals surface area contributed by atoms with Crippen molar-refractivity contribution in [2.75, 3.05) is 13.1 Å². The molecule has 82 valence electrons. The number of nitrogens with zero attached hydrogens (tertiary/aromatic N) is 1. The number of allylic oxidation sites excluding steroid dienone is 1. The van der Waals surface area contributed by atoms with Gasteiger partial charge in [0.1, 0.15) is 0 Å². The van der Waals surface area contributed by atoms with E-state index in [2.05, 4.69) is 23.3 Å². The Morgan fingerprint density at radius 2 is 1.87 bits per heavy atom. The van der Waals surface area contributed by atoms with Gasteiger partial charge in [-0.3, -0.25) is 0 Å². The second kappa shape index (κ2) is 4.86. The van der Waals surface area contributed by atoms with Gasteiger partial charge in [-0.2, -0.15) is 0 Å². The maximum absolute atomic E-state index is 3.82. The minimum atomic E-state index is 0.623. The van der Waals surface area contributed by atoms with Gasteiger partial charge in [-0.05, 0) is 51.3 Å². The molecule has 0 amide bonds. The van der Waals surface area contributed by atoms with Gasteiger partial charge in [0.15, 0.2) is 0 Å². The highest BCUT2D eigenvalue weighted by Crippen LogP contribution is 2.28. The summed E-state index contributed by atoms with van der Waals surface area (Å²) in [5.41, 5.74) is 0.997. The van der Waals surface area contributed by atoms with E-state index in [-0.39, 0.29) is 0 Å². The summed E-state index contributed by atoms with van der Waals surface area (Å²) in [5, 5.41) is 0. The summed E-state index contributed by atoms with van der Waals surface area (Å²) < 4.78 is 0. The van der Waals surface area contributed by atoms with Crippen molar-refractivity contribution < 1.29 is 0 Å². The highest BCUT2D eigenvalue weighted by Gasteiger charge is 2.27. The summed E-state index contributed by atoms with van der Waals surface area (Å²) in [6, 6.07) is 0.917. The van der Waals surface area contributed by atoms with Crippen molar-refractivity contribution in [1.29, 1.82) is 0 Å². The minimum absolute atomic E-state index is 0.623. The van der Waals surface area contributed by atoms with Crippen LogP contribution in [0.4, 0.5) is 0 Å². The van der Waals surface area contributed by atoms with Crippen LogP contribution in [0, 0.1) is 17.8 Å². The third-order valence-corrected chi connectivity index (χ3v) is 3.61. The molecule has 1 aliphatic heterocycles. The van der Waals surface area contributed by atoms with Crippen molar-refractivity contribution in [2.45, 2.75) is 45.1 Å². The molecular weight excluding hydrogens is 182 g/mol. The summed E-state index contributed by atoms with van der Waals surface area (Å²) in [5.74, 6) is 7.09. The van der Waals surface area contributed by atoms with E-state index in [1.807, 2.05) is 6.92 Å². The second-order valence-corrected chi connectivity index (χ2v) is 4.94. The van der Waals surface area contributed by atoms with Crippen molar-refractivity contribution in [1.82, 2.24) is 4.90 Å². The van der Waals surface area contributed by atoms with Crippen LogP contribution in [0.15, 0.2) is 12.2 Å². The van der Waals surface area contributed by atoms with Crippen molar-refractivity contribution in [3.8, 4) is 11.8 Å². The van der Waals surface area contributed by atoms with Crippen LogP contribution in [0.25, 0.3) is 0 Å². The van der Waals surface area contributed by atoms with E-state index in [4.69, 9.17) is 0 Å². The molecule has 0 spiro atoms. The summed E-state index contributed by atoms with van der Waals surface area (Å²) in [6.07, 6.45) is 6.83. The molecule has 2 fully saturated rings. The number of hydrogen-bond donors (Lipinski definition) is 0. The molecule has 2 aliphatic rings. The van der Waals surface area contributed by atoms with E-state index in [0.717, 1.165) is 11.6 Å². The zero-order chi connectivity index (χ0) is 10.7. The number of rotatable bonds is 1. The molecule has 15 heavy (non-hydrogen) atoms. The molecule has 0 aromatic rings. The van der Waals surface area contributed by atoms with Crippen LogP contribution in [-0.2, 0) is 0 Å². The van der Waals surface area contributed by atoms with E-state index in [1.54, 1.807) is 0 Å². The molecular formula is C14H21N. The lowest BCUT2D eigenvalue weighted by molar-refractivity contribution is 0.0945. The predicted octanol–water partition coefficient (Wildman–Crippen LogP) is 2.83. The van der Waals surface area contributed by atoms with Crippen LogP contribution in [0.5, 0.6) is 0 Å². The largest absolute Gasteiger partial charge is 0.300 e. The van der Waals surface area contributed by atoms with E-state index in [9.17, 15) is 0 Å². The van der Waals surface area contributed by atoms with Crippen molar-refractivity contribution in [2.24, 2.45) is 5.92 Å². The zero-order valence-corrected chi connectivity index (χ0v) is 9.76. The fraction of sp³-hybridized carbons (Fsp3) is 0.714. The van der Waals surface area contributed by atoms with E-state index in [0.29, 0.717) is 5.92 Å². The average Bonchev–Trinajstić information content (AvgIpc) is 2.14. The Hall–Kier alpha value is -0.740. The summed E-state index contributed by atoms with van der Waals surface area (Å²) in [6.45, 7) is 8.33. The summed E-state index contributed by atoms with van der Waals surface area (Å²) >= 11 is 0. The molecule has 0 aromatic carbocycles. The van der Waals surface area contributed by atoms with Gasteiger partial charge in [-0.1, -0.05) is 24.8 Å². The average molecular weight is 203 g/mol. The number of likely N-dealkylation sites (tertiary alicyclic amines) is 1. The van der Waals surface area contributed by atoms with Crippen LogP contribution in [0.1, 0.15) is 39.0 Å². The first-order valence-electron chi connectivity index (χ1n) is 6.17. The fourth-order valence-corrected chi connectivity index (χ4v) is 2.39. The fourth-order valence-electron chi connectivity index (χ4n) is 2.39. The van der Waals surface area contributed by atoms with Crippen LogP contribution in [0.3, 0.4) is 0 Å². The Balaban J connectivity index is 1.77. The molecule has 1 nitrogen and oxygen atoms in total. The topological polar surface area (TPSA) is 3.24 Å². The van der Waals surface area contributed by atoms with Gasteiger partial charge in [0.05, 0.1) is 0 Å². The number of hydrogen-bond acceptors (Lipinski definition) is 1. The lowest BCUT2D eigenvalue weighted by Gasteiger charge is -2.41. The molecule has 0 bridgehead atoms. The molecule has 0 unspecified atom stereocenters. The Bertz CT molecular complexity index is 282. The maximum atomic E-state index is 3.82. The van der Waals surface area contributed by atoms with Gasteiger partial charge in [0.2, 0.25) is 0 Å². The molecule has 1 saturated heterocycles. The summed E-state index contributed by atoms with van der Waals surface area (Å²) in [4.78, 5) is 2.67. The first kappa shape index (κ1) is 10.8. The molecule has 1 saturated carbocycles. The summed E-state index contributed by atoms with van der Waals surface area (Å²) in [7, 11) is 0. The standard InChI is InChI=1S/C14H21N/c1-12(2)6-7-13-8-10-15(11-9-13)14-4-3-5-14/h13-14H,1,3-5,8-11H2,2H3. The molecule has 1 aliphatic carbocycles. The van der Waals surface area contributed by atoms with E-state index < -0.39 is 0 Å². The third kappa shape index (κ3) is 2.86. The highest BCUT2D eigenvalue weighted by molar-refractivity contribution is 5.24. The van der Waals surface area contributed by atoms with Gasteiger partial charge in [-0.25, -0.2) is 0 Å². The van der Waals surface area contributed by atoms with Crippen molar-refractivity contribution >= 4 is 0 Å². The quantitative estimate of drug-likeness (QED) is 0.592. The Morgan fingerprint density at radius 3 is 2.33 bits per heavy atom. The Kier molecular flexibility index (Phi) is 3.49. The van der Waals surface area contributed by atoms with Gasteiger partial charge in [-0.15, -0.1) is 0 Å². The highest BCUT2D eigenvalue weighted by atomic mass is 15.2. The third-order valence-electron chi connectivity index (χ3n) is 3.61. The first-order chi connectivity index (χ1) is 7.25. The minimum Gasteiger partial charge on any atom is -0.300 e. The maximum Gasteiger partial charge on any atom is 0.0230 e. The second-order valence-electron chi connectivity index (χ2n) is 4.94. The predicted molar refractivity (Wildman–Crippen MR) is 64.5 cm³/mol. The van der Waals surface area contributed by atoms with Crippen molar-refractivity contribution in [3.05, 3.63) is 12.2 Å². The zero-order valence-electron chi connectivity index (χ0n) is 9.76. The molecule has 0 aromatic heterocycles. The molecule has 1 heteroatoms. The van der Waals surface area contributed by atoms with Gasteiger partial charge in [0, 0.05) is 12.0 Å². The van der Waals surface area contributed by atoms with Gasteiger partial charge in [0.25, 0.3) is 0 Å². The van der Waals surface area contributed by atoms with Crippen molar-refractivity contribution in [3.63, 3.8) is 0 Å². The molecule has 2 rings (SSSR count). The molecule has 0 radical (unpaired) electrons. The van der Waals surface area contributed by atoms with Crippen LogP contribution < -0.4 is 0 Å². The molecule has 0 N–H and O–H groups in total. The molecule has 0 atom stereocenters. The lowest BCUT2D eigenvalue weighted by Crippen LogP contribution is -2.44. The van der Waals surface area contributed by atoms with E-state index >= 15 is 0 Å². The van der Waals surface area contributed by atoms with Gasteiger partial charge < -0.3 is 4.90 Å².